The second-order valence-corrected chi connectivity index (χ2v) is 4.20. The molecule has 17 heavy (non-hydrogen) atoms. The number of aryl methyl sites for hydroxylation is 2. The summed E-state index contributed by atoms with van der Waals surface area (Å²) in [7, 11) is 1.63. The average Bonchev–Trinajstić information content (AvgIpc) is 2.28. The molecule has 0 saturated carbocycles. The molecule has 0 heterocycles. The Morgan fingerprint density at radius 1 is 1.29 bits per heavy atom. The third-order valence-electron chi connectivity index (χ3n) is 2.68. The van der Waals surface area contributed by atoms with Crippen molar-refractivity contribution >= 4 is 5.69 Å². The number of aliphatic hydroxyl groups excluding tert-OH is 2. The van der Waals surface area contributed by atoms with Gasteiger partial charge < -0.3 is 20.3 Å². The van der Waals surface area contributed by atoms with Crippen LogP contribution in [-0.4, -0.2) is 36.6 Å². The molecule has 0 bridgehead atoms. The Hall–Kier alpha value is -1.26. The molecule has 0 radical (unpaired) electrons. The van der Waals surface area contributed by atoms with Crippen molar-refractivity contribution in [1.82, 2.24) is 0 Å². The van der Waals surface area contributed by atoms with Crippen LogP contribution in [0.4, 0.5) is 5.69 Å². The van der Waals surface area contributed by atoms with E-state index in [0.717, 1.165) is 22.6 Å². The number of methoxy groups -OCH3 is 1. The summed E-state index contributed by atoms with van der Waals surface area (Å²) in [6.45, 7) is 4.02. The molecule has 1 aromatic carbocycles. The molecule has 0 spiro atoms. The number of benzene rings is 1. The summed E-state index contributed by atoms with van der Waals surface area (Å²) in [5.41, 5.74) is 3.04. The Morgan fingerprint density at radius 3 is 2.53 bits per heavy atom. The Labute approximate surface area is 102 Å². The van der Waals surface area contributed by atoms with Crippen LogP contribution in [0.25, 0.3) is 0 Å². The number of hydrogen-bond acceptors (Lipinski definition) is 4. The van der Waals surface area contributed by atoms with Crippen molar-refractivity contribution < 1.29 is 14.9 Å². The van der Waals surface area contributed by atoms with Gasteiger partial charge in [-0.05, 0) is 37.5 Å². The molecular weight excluding hydrogens is 218 g/mol. The topological polar surface area (TPSA) is 61.7 Å². The summed E-state index contributed by atoms with van der Waals surface area (Å²) in [6.07, 6.45) is 0.507. The van der Waals surface area contributed by atoms with Crippen LogP contribution in [0, 0.1) is 13.8 Å². The van der Waals surface area contributed by atoms with Gasteiger partial charge in [-0.2, -0.15) is 0 Å². The van der Waals surface area contributed by atoms with Crippen molar-refractivity contribution in [1.29, 1.82) is 0 Å². The van der Waals surface area contributed by atoms with Crippen molar-refractivity contribution in [3.63, 3.8) is 0 Å². The highest BCUT2D eigenvalue weighted by Gasteiger charge is 2.12. The second-order valence-electron chi connectivity index (χ2n) is 4.20. The molecular formula is C13H21NO3. The van der Waals surface area contributed by atoms with E-state index < -0.39 is 0 Å². The van der Waals surface area contributed by atoms with Crippen LogP contribution in [-0.2, 0) is 0 Å². The monoisotopic (exact) mass is 239 g/mol. The molecule has 0 fully saturated rings. The summed E-state index contributed by atoms with van der Waals surface area (Å²) in [5, 5.41) is 21.3. The molecule has 4 heteroatoms. The summed E-state index contributed by atoms with van der Waals surface area (Å²) < 4.78 is 5.35. The lowest BCUT2D eigenvalue weighted by Crippen LogP contribution is -2.25. The van der Waals surface area contributed by atoms with Crippen molar-refractivity contribution in [2.24, 2.45) is 0 Å². The fourth-order valence-corrected chi connectivity index (χ4v) is 1.92. The number of anilines is 1. The number of ether oxygens (including phenoxy) is 1. The maximum Gasteiger partial charge on any atom is 0.144 e. The van der Waals surface area contributed by atoms with Crippen molar-refractivity contribution in [3.05, 3.63) is 23.3 Å². The number of aliphatic hydroxyl groups is 2. The van der Waals surface area contributed by atoms with Gasteiger partial charge in [0.1, 0.15) is 5.75 Å². The number of hydrogen-bond donors (Lipinski definition) is 3. The normalized spacial score (nSPS) is 12.3. The first-order chi connectivity index (χ1) is 8.12. The summed E-state index contributed by atoms with van der Waals surface area (Å²) in [5.74, 6) is 0.784. The van der Waals surface area contributed by atoms with E-state index in [2.05, 4.69) is 5.32 Å². The lowest BCUT2D eigenvalue weighted by molar-refractivity contribution is 0.228. The highest BCUT2D eigenvalue weighted by molar-refractivity contribution is 5.62. The maximum absolute atomic E-state index is 9.21. The Kier molecular flexibility index (Phi) is 5.25. The van der Waals surface area contributed by atoms with Gasteiger partial charge >= 0.3 is 0 Å². The van der Waals surface area contributed by atoms with Gasteiger partial charge in [0.2, 0.25) is 0 Å². The van der Waals surface area contributed by atoms with Gasteiger partial charge in [0, 0.05) is 6.61 Å². The number of nitrogens with one attached hydrogen (secondary N) is 1. The minimum Gasteiger partial charge on any atom is -0.494 e. The van der Waals surface area contributed by atoms with Crippen LogP contribution < -0.4 is 10.1 Å². The zero-order valence-electron chi connectivity index (χ0n) is 10.7. The lowest BCUT2D eigenvalue weighted by atomic mass is 10.1. The van der Waals surface area contributed by atoms with Gasteiger partial charge in [-0.1, -0.05) is 6.07 Å². The van der Waals surface area contributed by atoms with E-state index in [-0.39, 0.29) is 19.3 Å². The summed E-state index contributed by atoms with van der Waals surface area (Å²) in [4.78, 5) is 0. The lowest BCUT2D eigenvalue weighted by Gasteiger charge is -2.20. The van der Waals surface area contributed by atoms with Crippen molar-refractivity contribution in [2.45, 2.75) is 26.3 Å². The molecule has 0 aliphatic rings. The molecule has 0 aliphatic heterocycles. The third-order valence-corrected chi connectivity index (χ3v) is 2.68. The van der Waals surface area contributed by atoms with Gasteiger partial charge in [0.05, 0.1) is 25.4 Å². The van der Waals surface area contributed by atoms with E-state index >= 15 is 0 Å². The Balaban J connectivity index is 2.95. The second kappa shape index (κ2) is 6.47. The first-order valence-corrected chi connectivity index (χ1v) is 5.75. The van der Waals surface area contributed by atoms with E-state index in [1.54, 1.807) is 7.11 Å². The van der Waals surface area contributed by atoms with Gasteiger partial charge in [0.15, 0.2) is 0 Å². The predicted molar refractivity (Wildman–Crippen MR) is 68.7 cm³/mol. The van der Waals surface area contributed by atoms with Crippen molar-refractivity contribution in [3.8, 4) is 5.75 Å². The molecule has 1 rings (SSSR count). The molecule has 1 unspecified atom stereocenters. The first kappa shape index (κ1) is 13.8. The molecule has 3 N–H and O–H groups in total. The van der Waals surface area contributed by atoms with E-state index in [1.807, 2.05) is 26.0 Å². The highest BCUT2D eigenvalue weighted by atomic mass is 16.5. The molecule has 0 amide bonds. The molecule has 0 aliphatic carbocycles. The van der Waals surface area contributed by atoms with Gasteiger partial charge in [-0.25, -0.2) is 0 Å². The molecule has 4 nitrogen and oxygen atoms in total. The zero-order chi connectivity index (χ0) is 12.8. The fraction of sp³-hybridized carbons (Fsp3) is 0.538. The standard InChI is InChI=1S/C13H21NO3/c1-9-6-10(2)13(17-3)12(7-9)14-11(8-16)4-5-15/h6-7,11,14-16H,4-5,8H2,1-3H3. The van der Waals surface area contributed by atoms with Gasteiger partial charge in [-0.3, -0.25) is 0 Å². The van der Waals surface area contributed by atoms with Crippen LogP contribution in [0.1, 0.15) is 17.5 Å². The highest BCUT2D eigenvalue weighted by Crippen LogP contribution is 2.30. The van der Waals surface area contributed by atoms with Crippen LogP contribution in [0.3, 0.4) is 0 Å². The number of rotatable bonds is 6. The van der Waals surface area contributed by atoms with E-state index in [0.29, 0.717) is 6.42 Å². The largest absolute Gasteiger partial charge is 0.494 e. The molecule has 1 atom stereocenters. The minimum atomic E-state index is -0.157. The Bertz CT molecular complexity index is 366. The summed E-state index contributed by atoms with van der Waals surface area (Å²) >= 11 is 0. The van der Waals surface area contributed by atoms with E-state index in [4.69, 9.17) is 9.84 Å². The Morgan fingerprint density at radius 2 is 2.00 bits per heavy atom. The zero-order valence-corrected chi connectivity index (χ0v) is 10.7. The van der Waals surface area contributed by atoms with Crippen LogP contribution in [0.2, 0.25) is 0 Å². The molecule has 1 aromatic rings. The molecule has 0 saturated heterocycles. The fourth-order valence-electron chi connectivity index (χ4n) is 1.92. The van der Waals surface area contributed by atoms with Crippen LogP contribution >= 0.6 is 0 Å². The molecule has 96 valence electrons. The SMILES string of the molecule is COc1c(C)cc(C)cc1NC(CO)CCO. The minimum absolute atomic E-state index is 0.0172. The van der Waals surface area contributed by atoms with Gasteiger partial charge in [-0.15, -0.1) is 0 Å². The quantitative estimate of drug-likeness (QED) is 0.703. The van der Waals surface area contributed by atoms with Gasteiger partial charge in [0.25, 0.3) is 0 Å². The van der Waals surface area contributed by atoms with Crippen molar-refractivity contribution in [2.75, 3.05) is 25.6 Å². The maximum atomic E-state index is 9.21. The van der Waals surface area contributed by atoms with E-state index in [9.17, 15) is 5.11 Å². The summed E-state index contributed by atoms with van der Waals surface area (Å²) in [6, 6.07) is 3.87. The van der Waals surface area contributed by atoms with Crippen LogP contribution in [0.5, 0.6) is 5.75 Å². The smallest absolute Gasteiger partial charge is 0.144 e. The molecule has 0 aromatic heterocycles. The first-order valence-electron chi connectivity index (χ1n) is 5.75. The third kappa shape index (κ3) is 3.61. The predicted octanol–water partition coefficient (Wildman–Crippen LogP) is 1.47. The van der Waals surface area contributed by atoms with E-state index in [1.165, 1.54) is 0 Å². The average molecular weight is 239 g/mol. The van der Waals surface area contributed by atoms with Crippen LogP contribution in [0.15, 0.2) is 12.1 Å².